The van der Waals surface area contributed by atoms with Gasteiger partial charge in [0.1, 0.15) is 43.9 Å². The lowest BCUT2D eigenvalue weighted by Crippen LogP contribution is -2.66. The average molecular weight is 676 g/mol. The number of hydrogen-bond donors (Lipinski definition) is 1. The fraction of sp³-hybridized carbons (Fsp3) is 0.765. The minimum Gasteiger partial charge on any atom is -0.464 e. The highest BCUT2D eigenvalue weighted by atomic mass is 19.3. The molecule has 1 N–H and O–H groups in total. The van der Waals surface area contributed by atoms with Crippen LogP contribution in [0, 0.1) is 0 Å². The van der Waals surface area contributed by atoms with Gasteiger partial charge in [-0.05, 0) is 31.7 Å². The lowest BCUT2D eigenvalue weighted by atomic mass is 9.88. The van der Waals surface area contributed by atoms with Gasteiger partial charge in [-0.2, -0.15) is 0 Å². The predicted molar refractivity (Wildman–Crippen MR) is 170 cm³/mol. The van der Waals surface area contributed by atoms with Gasteiger partial charge in [0.05, 0.1) is 13.2 Å². The Balaban J connectivity index is 2.40. The fourth-order valence-electron chi connectivity index (χ4n) is 5.01. The van der Waals surface area contributed by atoms with Crippen LogP contribution in [0.1, 0.15) is 78.2 Å². The van der Waals surface area contributed by atoms with E-state index in [1.54, 1.807) is 37.3 Å². The summed E-state index contributed by atoms with van der Waals surface area (Å²) < 4.78 is 78.8. The molecule has 0 aliphatic carbocycles. The topological polar surface area (TPSA) is 120 Å². The Kier molecular flexibility index (Phi) is 20.0. The summed E-state index contributed by atoms with van der Waals surface area (Å²) in [7, 11) is 1.38. The zero-order valence-corrected chi connectivity index (χ0v) is 28.6. The van der Waals surface area contributed by atoms with E-state index < -0.39 is 61.0 Å². The SMILES string of the molecule is CCCCOC[C@H]1O[C@H](C(F)(F)CC(NC(=O)OCc2ccccc2)C(=O)OCC)[C@H](OCOC)[C@@H](OCCCC)[C@H]1OCCCC. The van der Waals surface area contributed by atoms with Crippen LogP contribution in [0.2, 0.25) is 0 Å². The van der Waals surface area contributed by atoms with Crippen LogP contribution in [0.3, 0.4) is 0 Å². The molecule has 1 heterocycles. The Morgan fingerprint density at radius 3 is 2.13 bits per heavy atom. The van der Waals surface area contributed by atoms with Crippen LogP contribution in [0.5, 0.6) is 0 Å². The Labute approximate surface area is 278 Å². The lowest BCUT2D eigenvalue weighted by Gasteiger charge is -2.48. The number of alkyl halides is 2. The number of hydrogen-bond acceptors (Lipinski definition) is 10. The number of alkyl carbamates (subject to hydrolysis) is 1. The third-order valence-electron chi connectivity index (χ3n) is 7.52. The summed E-state index contributed by atoms with van der Waals surface area (Å²) in [5, 5.41) is 2.26. The molecule has 270 valence electrons. The van der Waals surface area contributed by atoms with Crippen molar-refractivity contribution < 1.29 is 56.3 Å². The summed E-state index contributed by atoms with van der Waals surface area (Å²) in [6.45, 7) is 8.11. The lowest BCUT2D eigenvalue weighted by molar-refractivity contribution is -0.314. The van der Waals surface area contributed by atoms with Crippen molar-refractivity contribution in [3.63, 3.8) is 0 Å². The first-order valence-electron chi connectivity index (χ1n) is 16.8. The Morgan fingerprint density at radius 2 is 1.51 bits per heavy atom. The van der Waals surface area contributed by atoms with E-state index in [2.05, 4.69) is 5.32 Å². The first-order valence-corrected chi connectivity index (χ1v) is 16.8. The molecular weight excluding hydrogens is 620 g/mol. The maximum atomic E-state index is 16.6. The number of halogens is 2. The van der Waals surface area contributed by atoms with Crippen LogP contribution in [0.25, 0.3) is 0 Å². The van der Waals surface area contributed by atoms with Gasteiger partial charge >= 0.3 is 12.1 Å². The smallest absolute Gasteiger partial charge is 0.408 e. The molecule has 47 heavy (non-hydrogen) atoms. The molecular formula is C34H55F2NO10. The Hall–Kier alpha value is -2.42. The first-order chi connectivity index (χ1) is 22.7. The van der Waals surface area contributed by atoms with E-state index in [1.165, 1.54) is 7.11 Å². The molecule has 6 atom stereocenters. The number of esters is 1. The second-order valence-corrected chi connectivity index (χ2v) is 11.4. The molecule has 0 bridgehead atoms. The summed E-state index contributed by atoms with van der Waals surface area (Å²) in [4.78, 5) is 25.6. The number of nitrogens with one attached hydrogen (secondary N) is 1. The van der Waals surface area contributed by atoms with Gasteiger partial charge in [-0.3, -0.25) is 0 Å². The monoisotopic (exact) mass is 675 g/mol. The Morgan fingerprint density at radius 1 is 0.872 bits per heavy atom. The van der Waals surface area contributed by atoms with Gasteiger partial charge in [0.25, 0.3) is 5.92 Å². The van der Waals surface area contributed by atoms with Crippen molar-refractivity contribution in [1.29, 1.82) is 0 Å². The van der Waals surface area contributed by atoms with E-state index in [1.807, 2.05) is 20.8 Å². The minimum absolute atomic E-state index is 0.0145. The van der Waals surface area contributed by atoms with Crippen LogP contribution < -0.4 is 5.32 Å². The van der Waals surface area contributed by atoms with Crippen molar-refractivity contribution in [2.75, 3.05) is 46.9 Å². The number of benzene rings is 1. The molecule has 1 aliphatic heterocycles. The first kappa shape index (κ1) is 40.8. The molecule has 1 aromatic rings. The number of carbonyl (C=O) groups is 2. The summed E-state index contributed by atoms with van der Waals surface area (Å²) in [6.07, 6.45) is -3.34. The molecule has 0 saturated carbocycles. The highest BCUT2D eigenvalue weighted by molar-refractivity contribution is 5.81. The number of carbonyl (C=O) groups excluding carboxylic acids is 2. The van der Waals surface area contributed by atoms with Crippen molar-refractivity contribution >= 4 is 12.1 Å². The maximum absolute atomic E-state index is 16.6. The summed E-state index contributed by atoms with van der Waals surface area (Å²) in [5.41, 5.74) is 0.687. The van der Waals surface area contributed by atoms with Crippen LogP contribution in [-0.2, 0) is 49.3 Å². The zero-order valence-electron chi connectivity index (χ0n) is 28.6. The van der Waals surface area contributed by atoms with Gasteiger partial charge in [-0.15, -0.1) is 0 Å². The van der Waals surface area contributed by atoms with E-state index >= 15 is 8.78 Å². The van der Waals surface area contributed by atoms with Gasteiger partial charge in [0, 0.05) is 33.4 Å². The van der Waals surface area contributed by atoms with Gasteiger partial charge in [-0.1, -0.05) is 70.4 Å². The van der Waals surface area contributed by atoms with Gasteiger partial charge in [0.2, 0.25) is 0 Å². The van der Waals surface area contributed by atoms with Crippen molar-refractivity contribution in [2.24, 2.45) is 0 Å². The third-order valence-corrected chi connectivity index (χ3v) is 7.52. The molecule has 13 heteroatoms. The maximum Gasteiger partial charge on any atom is 0.408 e. The quantitative estimate of drug-likeness (QED) is 0.0817. The number of ether oxygens (including phenoxy) is 8. The van der Waals surface area contributed by atoms with Crippen molar-refractivity contribution in [1.82, 2.24) is 5.32 Å². The molecule has 0 radical (unpaired) electrons. The molecule has 1 fully saturated rings. The number of unbranched alkanes of at least 4 members (excludes halogenated alkanes) is 3. The second kappa shape index (κ2) is 23.0. The minimum atomic E-state index is -3.75. The van der Waals surface area contributed by atoms with Crippen molar-refractivity contribution in [3.05, 3.63) is 35.9 Å². The fourth-order valence-corrected chi connectivity index (χ4v) is 5.01. The Bertz CT molecular complexity index is 989. The molecule has 0 spiro atoms. The highest BCUT2D eigenvalue weighted by Gasteiger charge is 2.58. The van der Waals surface area contributed by atoms with E-state index in [9.17, 15) is 9.59 Å². The van der Waals surface area contributed by atoms with E-state index in [4.69, 9.17) is 37.9 Å². The largest absolute Gasteiger partial charge is 0.464 e. The van der Waals surface area contributed by atoms with Crippen LogP contribution in [-0.4, -0.2) is 101 Å². The molecule has 1 saturated heterocycles. The number of rotatable bonds is 24. The second-order valence-electron chi connectivity index (χ2n) is 11.4. The molecule has 1 amide bonds. The predicted octanol–water partition coefficient (Wildman–Crippen LogP) is 5.81. The van der Waals surface area contributed by atoms with Crippen molar-refractivity contribution in [3.8, 4) is 0 Å². The van der Waals surface area contributed by atoms with Gasteiger partial charge in [0.15, 0.2) is 6.10 Å². The van der Waals surface area contributed by atoms with E-state index in [0.29, 0.717) is 25.2 Å². The van der Waals surface area contributed by atoms with Crippen LogP contribution in [0.4, 0.5) is 13.6 Å². The van der Waals surface area contributed by atoms with Gasteiger partial charge < -0.3 is 43.2 Å². The molecule has 0 aromatic heterocycles. The summed E-state index contributed by atoms with van der Waals surface area (Å²) in [6, 6.07) is 7.07. The summed E-state index contributed by atoms with van der Waals surface area (Å²) >= 11 is 0. The third kappa shape index (κ3) is 14.3. The molecule has 1 unspecified atom stereocenters. The molecule has 11 nitrogen and oxygen atoms in total. The standard InChI is InChI=1S/C34H55F2NO10/c1-6-10-18-41-23-27-28(43-19-11-7-2)29(44-20-12-8-3)30(46-24-40-5)31(47-27)34(35,36)21-26(32(38)42-9-4)37-33(39)45-22-25-16-14-13-15-17-25/h13-17,26-31H,6-12,18-24H2,1-5H3,(H,37,39)/t26?,27-,28+,29+,30-,31+/m1/s1. The zero-order chi connectivity index (χ0) is 34.5. The van der Waals surface area contributed by atoms with Crippen LogP contribution in [0.15, 0.2) is 30.3 Å². The van der Waals surface area contributed by atoms with E-state index in [-0.39, 0.29) is 33.2 Å². The number of amides is 1. The van der Waals surface area contributed by atoms with Crippen molar-refractivity contribution in [2.45, 2.75) is 122 Å². The number of methoxy groups -OCH3 is 1. The highest BCUT2D eigenvalue weighted by Crippen LogP contribution is 2.39. The normalized spacial score (nSPS) is 22.1. The van der Waals surface area contributed by atoms with Crippen LogP contribution >= 0.6 is 0 Å². The van der Waals surface area contributed by atoms with Gasteiger partial charge in [-0.25, -0.2) is 18.4 Å². The molecule has 1 aliphatic rings. The van der Waals surface area contributed by atoms with E-state index in [0.717, 1.165) is 32.1 Å². The summed E-state index contributed by atoms with van der Waals surface area (Å²) in [5.74, 6) is -4.78. The molecule has 2 rings (SSSR count). The average Bonchev–Trinajstić information content (AvgIpc) is 3.06. The molecule has 1 aromatic carbocycles.